The number of para-hydroxylation sites is 1. The Kier molecular flexibility index (Phi) is 4.57. The Bertz CT molecular complexity index is 635. The zero-order chi connectivity index (χ0) is 15.4. The fourth-order valence-electron chi connectivity index (χ4n) is 2.17. The van der Waals surface area contributed by atoms with Crippen LogP contribution in [0.3, 0.4) is 0 Å². The molecule has 2 aromatic rings. The van der Waals surface area contributed by atoms with Gasteiger partial charge < -0.3 is 9.84 Å². The first kappa shape index (κ1) is 15.0. The van der Waals surface area contributed by atoms with Crippen molar-refractivity contribution < 1.29 is 14.6 Å². The monoisotopic (exact) mass is 289 g/mol. The summed E-state index contributed by atoms with van der Waals surface area (Å²) in [6.45, 7) is 6.69. The van der Waals surface area contributed by atoms with Crippen molar-refractivity contribution in [3.05, 3.63) is 41.2 Å². The number of hydrogen-bond donors (Lipinski definition) is 1. The Balaban J connectivity index is 2.07. The number of rotatable bonds is 6. The molecule has 1 N–H and O–H groups in total. The molecule has 0 fully saturated rings. The van der Waals surface area contributed by atoms with E-state index < -0.39 is 5.97 Å². The highest BCUT2D eigenvalue weighted by molar-refractivity contribution is 5.86. The van der Waals surface area contributed by atoms with E-state index in [2.05, 4.69) is 10.3 Å². The number of ether oxygens (including phenoxy) is 1. The van der Waals surface area contributed by atoms with Crippen molar-refractivity contribution in [3.8, 4) is 5.75 Å². The molecule has 112 valence electrons. The summed E-state index contributed by atoms with van der Waals surface area (Å²) in [5.74, 6) is -0.198. The third-order valence-electron chi connectivity index (χ3n) is 3.18. The standard InChI is InChI=1S/C15H19N3O3/c1-10(2)14-13(15(19)20)16-17-18(14)8-9-21-12-7-5-4-6-11(12)3/h4-7,10H,8-9H2,1-3H3,(H,19,20). The van der Waals surface area contributed by atoms with Crippen molar-refractivity contribution in [2.45, 2.75) is 33.2 Å². The lowest BCUT2D eigenvalue weighted by Crippen LogP contribution is -2.15. The molecule has 0 aliphatic rings. The molecule has 0 radical (unpaired) electrons. The highest BCUT2D eigenvalue weighted by Crippen LogP contribution is 2.19. The van der Waals surface area contributed by atoms with Gasteiger partial charge >= 0.3 is 5.97 Å². The van der Waals surface area contributed by atoms with Crippen molar-refractivity contribution in [3.63, 3.8) is 0 Å². The van der Waals surface area contributed by atoms with Crippen LogP contribution in [0, 0.1) is 6.92 Å². The van der Waals surface area contributed by atoms with Gasteiger partial charge in [-0.05, 0) is 24.5 Å². The van der Waals surface area contributed by atoms with Crippen LogP contribution in [-0.2, 0) is 6.54 Å². The SMILES string of the molecule is Cc1ccccc1OCCn1nnc(C(=O)O)c1C(C)C. The molecule has 1 aromatic heterocycles. The summed E-state index contributed by atoms with van der Waals surface area (Å²) in [5, 5.41) is 16.8. The van der Waals surface area contributed by atoms with Crippen LogP contribution in [0.4, 0.5) is 0 Å². The first-order valence-corrected chi connectivity index (χ1v) is 6.85. The quantitative estimate of drug-likeness (QED) is 0.884. The minimum atomic E-state index is -1.05. The van der Waals surface area contributed by atoms with Crippen LogP contribution < -0.4 is 4.74 Å². The molecule has 1 aromatic carbocycles. The van der Waals surface area contributed by atoms with Gasteiger partial charge in [-0.2, -0.15) is 0 Å². The molecule has 0 amide bonds. The van der Waals surface area contributed by atoms with Gasteiger partial charge in [0.1, 0.15) is 12.4 Å². The number of aromatic carboxylic acids is 1. The smallest absolute Gasteiger partial charge is 0.358 e. The van der Waals surface area contributed by atoms with Crippen molar-refractivity contribution in [2.24, 2.45) is 0 Å². The number of carboxylic acids is 1. The minimum absolute atomic E-state index is 0.0147. The van der Waals surface area contributed by atoms with Crippen molar-refractivity contribution in [1.82, 2.24) is 15.0 Å². The Morgan fingerprint density at radius 3 is 2.71 bits per heavy atom. The van der Waals surface area contributed by atoms with Crippen LogP contribution in [0.1, 0.15) is 41.5 Å². The third kappa shape index (κ3) is 3.39. The number of nitrogens with zero attached hydrogens (tertiary/aromatic N) is 3. The summed E-state index contributed by atoms with van der Waals surface area (Å²) < 4.78 is 7.31. The minimum Gasteiger partial charge on any atom is -0.491 e. The molecular weight excluding hydrogens is 270 g/mol. The molecule has 0 saturated heterocycles. The highest BCUT2D eigenvalue weighted by Gasteiger charge is 2.21. The lowest BCUT2D eigenvalue weighted by atomic mass is 10.1. The second-order valence-corrected chi connectivity index (χ2v) is 5.12. The van der Waals surface area contributed by atoms with E-state index in [0.29, 0.717) is 18.8 Å². The number of aryl methyl sites for hydroxylation is 1. The normalized spacial score (nSPS) is 10.9. The van der Waals surface area contributed by atoms with E-state index >= 15 is 0 Å². The van der Waals surface area contributed by atoms with Crippen LogP contribution >= 0.6 is 0 Å². The van der Waals surface area contributed by atoms with E-state index in [0.717, 1.165) is 11.3 Å². The van der Waals surface area contributed by atoms with Gasteiger partial charge in [-0.25, -0.2) is 9.48 Å². The second-order valence-electron chi connectivity index (χ2n) is 5.12. The molecule has 2 rings (SSSR count). The van der Waals surface area contributed by atoms with E-state index in [1.807, 2.05) is 45.0 Å². The molecule has 21 heavy (non-hydrogen) atoms. The molecule has 0 saturated carbocycles. The van der Waals surface area contributed by atoms with Gasteiger partial charge in [0.15, 0.2) is 5.69 Å². The van der Waals surface area contributed by atoms with E-state index in [9.17, 15) is 4.79 Å². The lowest BCUT2D eigenvalue weighted by Gasteiger charge is -2.12. The predicted octanol–water partition coefficient (Wildman–Crippen LogP) is 2.49. The zero-order valence-electron chi connectivity index (χ0n) is 12.4. The number of carbonyl (C=O) groups is 1. The fourth-order valence-corrected chi connectivity index (χ4v) is 2.17. The number of hydrogen-bond acceptors (Lipinski definition) is 4. The van der Waals surface area contributed by atoms with Crippen LogP contribution in [0.15, 0.2) is 24.3 Å². The van der Waals surface area contributed by atoms with Crippen LogP contribution in [0.2, 0.25) is 0 Å². The highest BCUT2D eigenvalue weighted by atomic mass is 16.5. The van der Waals surface area contributed by atoms with Crippen LogP contribution in [-0.4, -0.2) is 32.7 Å². The maximum atomic E-state index is 11.1. The van der Waals surface area contributed by atoms with Crippen molar-refractivity contribution in [1.29, 1.82) is 0 Å². The van der Waals surface area contributed by atoms with E-state index in [-0.39, 0.29) is 11.6 Å². The van der Waals surface area contributed by atoms with Gasteiger partial charge in [0.05, 0.1) is 12.2 Å². The van der Waals surface area contributed by atoms with E-state index in [1.54, 1.807) is 4.68 Å². The Morgan fingerprint density at radius 2 is 2.10 bits per heavy atom. The first-order chi connectivity index (χ1) is 10.0. The van der Waals surface area contributed by atoms with Gasteiger partial charge in [-0.15, -0.1) is 5.10 Å². The number of carboxylic acid groups (broad SMARTS) is 1. The second kappa shape index (κ2) is 6.39. The molecule has 0 bridgehead atoms. The summed E-state index contributed by atoms with van der Waals surface area (Å²) in [6, 6.07) is 7.76. The largest absolute Gasteiger partial charge is 0.491 e. The Hall–Kier alpha value is -2.37. The Morgan fingerprint density at radius 1 is 1.38 bits per heavy atom. The third-order valence-corrected chi connectivity index (χ3v) is 3.18. The fraction of sp³-hybridized carbons (Fsp3) is 0.400. The van der Waals surface area contributed by atoms with Gasteiger partial charge in [0.25, 0.3) is 0 Å². The molecule has 0 aliphatic heterocycles. The summed E-state index contributed by atoms with van der Waals surface area (Å²) in [7, 11) is 0. The van der Waals surface area contributed by atoms with Gasteiger partial charge in [0.2, 0.25) is 0 Å². The van der Waals surface area contributed by atoms with E-state index in [4.69, 9.17) is 9.84 Å². The first-order valence-electron chi connectivity index (χ1n) is 6.85. The maximum absolute atomic E-state index is 11.1. The summed E-state index contributed by atoms with van der Waals surface area (Å²) in [5.41, 5.74) is 1.70. The van der Waals surface area contributed by atoms with Gasteiger partial charge in [-0.3, -0.25) is 0 Å². The summed E-state index contributed by atoms with van der Waals surface area (Å²) in [4.78, 5) is 11.1. The van der Waals surface area contributed by atoms with Crippen LogP contribution in [0.5, 0.6) is 5.75 Å². The van der Waals surface area contributed by atoms with E-state index in [1.165, 1.54) is 0 Å². The number of benzene rings is 1. The molecule has 0 spiro atoms. The molecule has 0 atom stereocenters. The molecule has 0 unspecified atom stereocenters. The summed E-state index contributed by atoms with van der Waals surface area (Å²) >= 11 is 0. The van der Waals surface area contributed by atoms with Crippen molar-refractivity contribution >= 4 is 5.97 Å². The molecular formula is C15H19N3O3. The average Bonchev–Trinajstić information content (AvgIpc) is 2.85. The maximum Gasteiger partial charge on any atom is 0.358 e. The van der Waals surface area contributed by atoms with Gasteiger partial charge in [0, 0.05) is 0 Å². The lowest BCUT2D eigenvalue weighted by molar-refractivity contribution is 0.0688. The predicted molar refractivity (Wildman–Crippen MR) is 77.7 cm³/mol. The van der Waals surface area contributed by atoms with Gasteiger partial charge in [-0.1, -0.05) is 37.3 Å². The molecule has 1 heterocycles. The zero-order valence-corrected chi connectivity index (χ0v) is 12.4. The van der Waals surface area contributed by atoms with Crippen LogP contribution in [0.25, 0.3) is 0 Å². The average molecular weight is 289 g/mol. The molecule has 6 nitrogen and oxygen atoms in total. The topological polar surface area (TPSA) is 77.2 Å². The Labute approximate surface area is 123 Å². The number of aromatic nitrogens is 3. The van der Waals surface area contributed by atoms with Crippen molar-refractivity contribution in [2.75, 3.05) is 6.61 Å². The summed E-state index contributed by atoms with van der Waals surface area (Å²) in [6.07, 6.45) is 0. The molecule has 6 heteroatoms. The molecule has 0 aliphatic carbocycles.